The van der Waals surface area contributed by atoms with Crippen molar-refractivity contribution in [3.63, 3.8) is 0 Å². The molecular weight excluding hydrogens is 221 g/mol. The molecule has 1 saturated heterocycles. The molecule has 16 heavy (non-hydrogen) atoms. The highest BCUT2D eigenvalue weighted by Gasteiger charge is 2.28. The van der Waals surface area contributed by atoms with Gasteiger partial charge in [-0.3, -0.25) is 4.67 Å². The number of aliphatic hydroxyl groups excluding tert-OH is 1. The van der Waals surface area contributed by atoms with Crippen LogP contribution < -0.4 is 0 Å². The molecule has 1 aliphatic heterocycles. The lowest BCUT2D eigenvalue weighted by Gasteiger charge is -2.35. The summed E-state index contributed by atoms with van der Waals surface area (Å²) in [5.41, 5.74) is 1.22. The summed E-state index contributed by atoms with van der Waals surface area (Å²) >= 11 is 0. The number of phenolic OH excluding ortho intramolecular Hbond substituents is 1. The summed E-state index contributed by atoms with van der Waals surface area (Å²) in [6.07, 6.45) is 1.06. The number of aliphatic hydroxyl groups is 1. The molecule has 0 aliphatic carbocycles. The van der Waals surface area contributed by atoms with E-state index in [9.17, 15) is 10.2 Å². The van der Waals surface area contributed by atoms with Gasteiger partial charge in [0.25, 0.3) is 0 Å². The summed E-state index contributed by atoms with van der Waals surface area (Å²) in [7, 11) is 2.70. The quantitative estimate of drug-likeness (QED) is 0.770. The third kappa shape index (κ3) is 2.54. The minimum Gasteiger partial charge on any atom is -0.508 e. The maximum absolute atomic E-state index is 9.41. The van der Waals surface area contributed by atoms with E-state index in [4.69, 9.17) is 0 Å². The fraction of sp³-hybridized carbons (Fsp3) is 0.500. The first-order valence-corrected chi connectivity index (χ1v) is 6.12. The minimum atomic E-state index is 0.219. The van der Waals surface area contributed by atoms with E-state index < -0.39 is 0 Å². The van der Waals surface area contributed by atoms with Crippen molar-refractivity contribution >= 4 is 9.39 Å². The Morgan fingerprint density at radius 3 is 2.62 bits per heavy atom. The van der Waals surface area contributed by atoms with Gasteiger partial charge in [-0.2, -0.15) is 0 Å². The minimum absolute atomic E-state index is 0.219. The number of hydrogen-bond acceptors (Lipinski definition) is 3. The molecule has 2 rings (SSSR count). The van der Waals surface area contributed by atoms with Gasteiger partial charge in [-0.1, -0.05) is 21.5 Å². The third-order valence-corrected chi connectivity index (χ3v) is 3.79. The molecule has 1 aromatic carbocycles. The second kappa shape index (κ2) is 5.13. The molecule has 1 heterocycles. The van der Waals surface area contributed by atoms with Crippen LogP contribution in [-0.4, -0.2) is 34.6 Å². The fourth-order valence-electron chi connectivity index (χ4n) is 2.41. The van der Waals surface area contributed by atoms with Gasteiger partial charge in [0.15, 0.2) is 0 Å². The van der Waals surface area contributed by atoms with E-state index in [-0.39, 0.29) is 12.5 Å². The van der Waals surface area contributed by atoms with Crippen LogP contribution in [0.2, 0.25) is 0 Å². The average Bonchev–Trinajstić information content (AvgIpc) is 2.30. The molecule has 1 fully saturated rings. The summed E-state index contributed by atoms with van der Waals surface area (Å²) in [5.74, 6) is 0.992. The number of hydrogen-bond donors (Lipinski definition) is 2. The monoisotopic (exact) mass is 239 g/mol. The van der Waals surface area contributed by atoms with Crippen LogP contribution in [0.5, 0.6) is 5.75 Å². The molecule has 0 saturated carbocycles. The highest BCUT2D eigenvalue weighted by Crippen LogP contribution is 2.34. The van der Waals surface area contributed by atoms with Crippen molar-refractivity contribution in [2.75, 3.05) is 19.7 Å². The van der Waals surface area contributed by atoms with E-state index in [1.165, 1.54) is 5.56 Å². The molecular formula is C12H18NO2P. The molecule has 4 heteroatoms. The Hall–Kier alpha value is -0.630. The highest BCUT2D eigenvalue weighted by molar-refractivity contribution is 7.13. The lowest BCUT2D eigenvalue weighted by molar-refractivity contribution is 0.149. The maximum atomic E-state index is 9.41. The van der Waals surface area contributed by atoms with Gasteiger partial charge < -0.3 is 10.2 Å². The first-order valence-electron chi connectivity index (χ1n) is 5.60. The molecule has 1 aromatic rings. The van der Waals surface area contributed by atoms with Gasteiger partial charge in [0.1, 0.15) is 5.75 Å². The molecule has 0 radical (unpaired) electrons. The summed E-state index contributed by atoms with van der Waals surface area (Å²) in [5, 5.41) is 18.7. The Kier molecular flexibility index (Phi) is 3.80. The third-order valence-electron chi connectivity index (χ3n) is 3.32. The van der Waals surface area contributed by atoms with Gasteiger partial charge in [-0.25, -0.2) is 0 Å². The topological polar surface area (TPSA) is 43.7 Å². The molecule has 2 unspecified atom stereocenters. The van der Waals surface area contributed by atoms with Crippen LogP contribution in [0.25, 0.3) is 0 Å². The summed E-state index contributed by atoms with van der Waals surface area (Å²) in [6, 6.07) is 7.36. The molecule has 3 atom stereocenters. The van der Waals surface area contributed by atoms with E-state index >= 15 is 0 Å². The van der Waals surface area contributed by atoms with E-state index in [1.807, 2.05) is 12.1 Å². The molecule has 3 nitrogen and oxygen atoms in total. The normalized spacial score (nSPS) is 26.9. The Morgan fingerprint density at radius 1 is 1.31 bits per heavy atom. The Bertz CT molecular complexity index is 341. The second-order valence-electron chi connectivity index (χ2n) is 4.42. The van der Waals surface area contributed by atoms with E-state index in [0.29, 0.717) is 11.7 Å². The predicted octanol–water partition coefficient (Wildman–Crippen LogP) is 1.58. The number of aromatic hydroxyl groups is 1. The lowest BCUT2D eigenvalue weighted by Crippen LogP contribution is -2.35. The van der Waals surface area contributed by atoms with Crippen molar-refractivity contribution in [2.24, 2.45) is 5.92 Å². The van der Waals surface area contributed by atoms with Crippen molar-refractivity contribution in [2.45, 2.75) is 12.3 Å². The maximum Gasteiger partial charge on any atom is 0.115 e. The summed E-state index contributed by atoms with van der Waals surface area (Å²) < 4.78 is 2.18. The van der Waals surface area contributed by atoms with Crippen LogP contribution in [0.4, 0.5) is 0 Å². The molecule has 0 spiro atoms. The van der Waals surface area contributed by atoms with Crippen molar-refractivity contribution in [1.82, 2.24) is 4.67 Å². The SMILES string of the molecule is OC[C@@H]1CN(P)CCC1c1ccc(O)cc1. The van der Waals surface area contributed by atoms with Crippen molar-refractivity contribution in [3.8, 4) is 5.75 Å². The summed E-state index contributed by atoms with van der Waals surface area (Å²) in [6.45, 7) is 2.16. The van der Waals surface area contributed by atoms with Crippen molar-refractivity contribution in [1.29, 1.82) is 0 Å². The van der Waals surface area contributed by atoms with Crippen LogP contribution in [-0.2, 0) is 0 Å². The number of rotatable bonds is 2. The van der Waals surface area contributed by atoms with E-state index in [2.05, 4.69) is 14.1 Å². The molecule has 2 N–H and O–H groups in total. The van der Waals surface area contributed by atoms with E-state index in [0.717, 1.165) is 19.5 Å². The molecule has 1 aliphatic rings. The van der Waals surface area contributed by atoms with Crippen molar-refractivity contribution in [3.05, 3.63) is 29.8 Å². The first-order chi connectivity index (χ1) is 7.70. The molecule has 0 aromatic heterocycles. The molecule has 0 amide bonds. The van der Waals surface area contributed by atoms with Crippen LogP contribution >= 0.6 is 9.39 Å². The zero-order valence-electron chi connectivity index (χ0n) is 9.21. The van der Waals surface area contributed by atoms with Crippen LogP contribution in [0.15, 0.2) is 24.3 Å². The summed E-state index contributed by atoms with van der Waals surface area (Å²) in [4.78, 5) is 0. The Balaban J connectivity index is 2.15. The van der Waals surface area contributed by atoms with E-state index in [1.54, 1.807) is 12.1 Å². The Labute approximate surface area is 98.3 Å². The lowest BCUT2D eigenvalue weighted by atomic mass is 9.81. The van der Waals surface area contributed by atoms with Gasteiger partial charge in [0, 0.05) is 25.6 Å². The van der Waals surface area contributed by atoms with Gasteiger partial charge in [-0.05, 0) is 30.0 Å². The predicted molar refractivity (Wildman–Crippen MR) is 67.3 cm³/mol. The van der Waals surface area contributed by atoms with Crippen LogP contribution in [0.3, 0.4) is 0 Å². The number of phenols is 1. The zero-order valence-corrected chi connectivity index (χ0v) is 10.4. The average molecular weight is 239 g/mol. The standard InChI is InChI=1S/C12H18NO2P/c14-8-10-7-13(16)6-5-12(10)9-1-3-11(15)4-2-9/h1-4,10,12,14-15H,5-8,16H2/t10-,12?/m0/s1. The van der Waals surface area contributed by atoms with Crippen molar-refractivity contribution < 1.29 is 10.2 Å². The largest absolute Gasteiger partial charge is 0.508 e. The Morgan fingerprint density at radius 2 is 2.00 bits per heavy atom. The number of piperidine rings is 1. The van der Waals surface area contributed by atoms with Crippen LogP contribution in [0.1, 0.15) is 17.9 Å². The van der Waals surface area contributed by atoms with Gasteiger partial charge in [-0.15, -0.1) is 0 Å². The van der Waals surface area contributed by atoms with Gasteiger partial charge in [0.05, 0.1) is 0 Å². The van der Waals surface area contributed by atoms with Crippen LogP contribution in [0, 0.1) is 5.92 Å². The fourth-order valence-corrected chi connectivity index (χ4v) is 2.83. The van der Waals surface area contributed by atoms with Gasteiger partial charge >= 0.3 is 0 Å². The van der Waals surface area contributed by atoms with Gasteiger partial charge in [0.2, 0.25) is 0 Å². The number of benzene rings is 1. The highest BCUT2D eigenvalue weighted by atomic mass is 31.0. The smallest absolute Gasteiger partial charge is 0.115 e. The first kappa shape index (κ1) is 11.8. The number of nitrogens with zero attached hydrogens (tertiary/aromatic N) is 1. The molecule has 0 bridgehead atoms. The second-order valence-corrected chi connectivity index (χ2v) is 5.15. The zero-order chi connectivity index (χ0) is 11.5. The molecule has 88 valence electrons.